The summed E-state index contributed by atoms with van der Waals surface area (Å²) in [4.78, 5) is 15.0. The highest BCUT2D eigenvalue weighted by Gasteiger charge is 2.13. The largest absolute Gasteiger partial charge is 0.480 e. The zero-order valence-electron chi connectivity index (χ0n) is 18.7. The standard InChI is InChI=1S/C25H33NO5/c1-20(16-31-18-24(27)28)8-6-13-25(2,3)19-30-15-7-14-29-17-22-12-11-21-9-4-5-10-23(21)26-22/h4-6,8-13H,7,14-19H2,1-3H3,(H,27,28)/b13-6-,20-8-. The number of carbonyl (C=O) groups is 1. The molecule has 168 valence electrons. The van der Waals surface area contributed by atoms with Gasteiger partial charge in [-0.25, -0.2) is 4.79 Å². The second-order valence-electron chi connectivity index (χ2n) is 8.20. The first-order chi connectivity index (χ1) is 14.9. The number of hydrogen-bond donors (Lipinski definition) is 1. The molecule has 1 N–H and O–H groups in total. The van der Waals surface area contributed by atoms with Crippen LogP contribution in [-0.2, 0) is 25.6 Å². The fraction of sp³-hybridized carbons (Fsp3) is 0.440. The Morgan fingerprint density at radius 3 is 2.65 bits per heavy atom. The lowest BCUT2D eigenvalue weighted by atomic mass is 9.94. The number of pyridine rings is 1. The lowest BCUT2D eigenvalue weighted by Gasteiger charge is -2.20. The minimum absolute atomic E-state index is 0.103. The monoisotopic (exact) mass is 427 g/mol. The molecule has 0 aliphatic carbocycles. The smallest absolute Gasteiger partial charge is 0.329 e. The number of benzene rings is 1. The summed E-state index contributed by atoms with van der Waals surface area (Å²) < 4.78 is 16.6. The van der Waals surface area contributed by atoms with Gasteiger partial charge in [-0.2, -0.15) is 0 Å². The van der Waals surface area contributed by atoms with Gasteiger partial charge in [-0.3, -0.25) is 4.98 Å². The van der Waals surface area contributed by atoms with Gasteiger partial charge in [0.1, 0.15) is 6.61 Å². The van der Waals surface area contributed by atoms with Crippen molar-refractivity contribution < 1.29 is 24.1 Å². The molecule has 31 heavy (non-hydrogen) atoms. The van der Waals surface area contributed by atoms with Gasteiger partial charge in [0.25, 0.3) is 0 Å². The van der Waals surface area contributed by atoms with Crippen molar-refractivity contribution in [2.45, 2.75) is 33.8 Å². The van der Waals surface area contributed by atoms with Crippen molar-refractivity contribution in [1.82, 2.24) is 4.98 Å². The number of allylic oxidation sites excluding steroid dienone is 2. The van der Waals surface area contributed by atoms with E-state index >= 15 is 0 Å². The van der Waals surface area contributed by atoms with Gasteiger partial charge in [0.05, 0.1) is 31.0 Å². The van der Waals surface area contributed by atoms with Gasteiger partial charge in [0, 0.05) is 24.0 Å². The van der Waals surface area contributed by atoms with Gasteiger partial charge in [0.15, 0.2) is 0 Å². The molecule has 2 aromatic rings. The highest BCUT2D eigenvalue weighted by Crippen LogP contribution is 2.18. The maximum atomic E-state index is 10.4. The average molecular weight is 428 g/mol. The Bertz CT molecular complexity index is 888. The first-order valence-electron chi connectivity index (χ1n) is 10.5. The molecule has 6 heteroatoms. The third-order valence-corrected chi connectivity index (χ3v) is 4.44. The normalized spacial score (nSPS) is 12.7. The van der Waals surface area contributed by atoms with Crippen LogP contribution in [0.5, 0.6) is 0 Å². The maximum absolute atomic E-state index is 10.4. The molecule has 0 radical (unpaired) electrons. The van der Waals surface area contributed by atoms with Gasteiger partial charge in [0.2, 0.25) is 0 Å². The molecule has 1 heterocycles. The Morgan fingerprint density at radius 1 is 1.06 bits per heavy atom. The third kappa shape index (κ3) is 10.4. The van der Waals surface area contributed by atoms with E-state index in [0.717, 1.165) is 28.6 Å². The van der Waals surface area contributed by atoms with Crippen LogP contribution in [0.3, 0.4) is 0 Å². The minimum atomic E-state index is -0.961. The molecule has 0 atom stereocenters. The molecule has 0 fully saturated rings. The summed E-state index contributed by atoms with van der Waals surface area (Å²) in [6, 6.07) is 12.1. The van der Waals surface area contributed by atoms with Crippen LogP contribution in [0.25, 0.3) is 10.9 Å². The molecule has 0 bridgehead atoms. The summed E-state index contributed by atoms with van der Waals surface area (Å²) in [5, 5.41) is 9.70. The number of ether oxygens (including phenoxy) is 3. The number of aromatic nitrogens is 1. The van der Waals surface area contributed by atoms with E-state index < -0.39 is 5.97 Å². The van der Waals surface area contributed by atoms with E-state index in [1.165, 1.54) is 0 Å². The van der Waals surface area contributed by atoms with Crippen LogP contribution in [-0.4, -0.2) is 49.1 Å². The summed E-state index contributed by atoms with van der Waals surface area (Å²) >= 11 is 0. The quantitative estimate of drug-likeness (QED) is 0.345. The van der Waals surface area contributed by atoms with Crippen LogP contribution in [0, 0.1) is 5.41 Å². The number of carboxylic acid groups (broad SMARTS) is 1. The summed E-state index contributed by atoms with van der Waals surface area (Å²) in [6.07, 6.45) is 6.80. The summed E-state index contributed by atoms with van der Waals surface area (Å²) in [7, 11) is 0. The van der Waals surface area contributed by atoms with Crippen LogP contribution in [0.4, 0.5) is 0 Å². The number of rotatable bonds is 14. The van der Waals surface area contributed by atoms with E-state index in [9.17, 15) is 4.79 Å². The fourth-order valence-corrected chi connectivity index (χ4v) is 2.83. The Kier molecular flexibility index (Phi) is 10.4. The molecule has 0 saturated heterocycles. The molecule has 0 saturated carbocycles. The van der Waals surface area contributed by atoms with Gasteiger partial charge in [-0.05, 0) is 31.1 Å². The van der Waals surface area contributed by atoms with E-state index in [2.05, 4.69) is 37.0 Å². The van der Waals surface area contributed by atoms with Crippen molar-refractivity contribution in [3.05, 3.63) is 65.9 Å². The topological polar surface area (TPSA) is 77.9 Å². The van der Waals surface area contributed by atoms with E-state index in [1.807, 2.05) is 43.3 Å². The van der Waals surface area contributed by atoms with Crippen molar-refractivity contribution in [3.63, 3.8) is 0 Å². The van der Waals surface area contributed by atoms with Crippen molar-refractivity contribution in [2.75, 3.05) is 33.0 Å². The molecule has 0 spiro atoms. The van der Waals surface area contributed by atoms with Crippen LogP contribution >= 0.6 is 0 Å². The Balaban J connectivity index is 1.58. The van der Waals surface area contributed by atoms with Crippen molar-refractivity contribution in [1.29, 1.82) is 0 Å². The first-order valence-corrected chi connectivity index (χ1v) is 10.5. The first kappa shape index (κ1) is 24.7. The molecular formula is C25H33NO5. The Labute approximate surface area is 184 Å². The molecule has 6 nitrogen and oxygen atoms in total. The van der Waals surface area contributed by atoms with Gasteiger partial charge in [-0.15, -0.1) is 0 Å². The molecule has 0 aliphatic rings. The van der Waals surface area contributed by atoms with Gasteiger partial charge in [-0.1, -0.05) is 56.3 Å². The number of hydrogen-bond acceptors (Lipinski definition) is 5. The highest BCUT2D eigenvalue weighted by atomic mass is 16.5. The average Bonchev–Trinajstić information content (AvgIpc) is 2.72. The zero-order valence-corrected chi connectivity index (χ0v) is 18.7. The highest BCUT2D eigenvalue weighted by molar-refractivity contribution is 5.78. The second-order valence-corrected chi connectivity index (χ2v) is 8.20. The summed E-state index contributed by atoms with van der Waals surface area (Å²) in [6.45, 7) is 8.52. The van der Waals surface area contributed by atoms with Crippen LogP contribution in [0.1, 0.15) is 32.9 Å². The number of fused-ring (bicyclic) bond motifs is 1. The predicted molar refractivity (Wildman–Crippen MR) is 122 cm³/mol. The number of para-hydroxylation sites is 1. The Hall–Kier alpha value is -2.54. The minimum Gasteiger partial charge on any atom is -0.480 e. The van der Waals surface area contributed by atoms with E-state index in [0.29, 0.717) is 33.0 Å². The fourth-order valence-electron chi connectivity index (χ4n) is 2.83. The number of aliphatic carboxylic acids is 1. The molecule has 2 rings (SSSR count). The zero-order chi connectivity index (χ0) is 22.5. The predicted octanol–water partition coefficient (Wildman–Crippen LogP) is 4.79. The van der Waals surface area contributed by atoms with Crippen molar-refractivity contribution >= 4 is 16.9 Å². The summed E-state index contributed by atoms with van der Waals surface area (Å²) in [5.41, 5.74) is 2.78. The van der Waals surface area contributed by atoms with E-state index in [1.54, 1.807) is 0 Å². The van der Waals surface area contributed by atoms with Crippen LogP contribution in [0.2, 0.25) is 0 Å². The Morgan fingerprint density at radius 2 is 1.84 bits per heavy atom. The molecule has 0 amide bonds. The van der Waals surface area contributed by atoms with Crippen molar-refractivity contribution in [3.8, 4) is 0 Å². The molecule has 1 aromatic carbocycles. The molecular weight excluding hydrogens is 394 g/mol. The number of nitrogens with zero attached hydrogens (tertiary/aromatic N) is 1. The van der Waals surface area contributed by atoms with Gasteiger partial charge < -0.3 is 19.3 Å². The summed E-state index contributed by atoms with van der Waals surface area (Å²) in [5.74, 6) is -0.961. The lowest BCUT2D eigenvalue weighted by molar-refractivity contribution is -0.141. The maximum Gasteiger partial charge on any atom is 0.329 e. The van der Waals surface area contributed by atoms with Crippen molar-refractivity contribution in [2.24, 2.45) is 5.41 Å². The third-order valence-electron chi connectivity index (χ3n) is 4.44. The van der Waals surface area contributed by atoms with Crippen LogP contribution in [0.15, 0.2) is 60.2 Å². The second kappa shape index (κ2) is 13.0. The number of carboxylic acids is 1. The molecule has 0 aliphatic heterocycles. The molecule has 1 aromatic heterocycles. The SMILES string of the molecule is C/C(=C/C=C\C(C)(C)COCCCOCc1ccc2ccccc2n1)COCC(=O)O. The van der Waals surface area contributed by atoms with Crippen LogP contribution < -0.4 is 0 Å². The van der Waals surface area contributed by atoms with E-state index in [-0.39, 0.29) is 12.0 Å². The lowest BCUT2D eigenvalue weighted by Crippen LogP contribution is -2.17. The van der Waals surface area contributed by atoms with Gasteiger partial charge >= 0.3 is 5.97 Å². The van der Waals surface area contributed by atoms with E-state index in [4.69, 9.17) is 19.3 Å². The molecule has 0 unspecified atom stereocenters.